The second-order valence-corrected chi connectivity index (χ2v) is 7.14. The SMILES string of the molecule is CNC1CCCCC1CN(C)Cc1ccc(Cl)s1. The first-order chi connectivity index (χ1) is 8.69. The van der Waals surface area contributed by atoms with Crippen LogP contribution in [0.25, 0.3) is 0 Å². The molecule has 0 aliphatic heterocycles. The van der Waals surface area contributed by atoms with E-state index in [0.29, 0.717) is 6.04 Å². The Hall–Kier alpha value is -0.0900. The van der Waals surface area contributed by atoms with E-state index in [0.717, 1.165) is 16.8 Å². The van der Waals surface area contributed by atoms with Crippen LogP contribution in [0.3, 0.4) is 0 Å². The molecule has 1 aliphatic rings. The Morgan fingerprint density at radius 3 is 2.83 bits per heavy atom. The Bertz CT molecular complexity index is 366. The van der Waals surface area contributed by atoms with Crippen LogP contribution in [0.5, 0.6) is 0 Å². The number of hydrogen-bond donors (Lipinski definition) is 1. The lowest BCUT2D eigenvalue weighted by molar-refractivity contribution is 0.191. The van der Waals surface area contributed by atoms with Gasteiger partial charge in [0.25, 0.3) is 0 Å². The van der Waals surface area contributed by atoms with E-state index >= 15 is 0 Å². The van der Waals surface area contributed by atoms with Gasteiger partial charge in [-0.1, -0.05) is 24.4 Å². The van der Waals surface area contributed by atoms with Crippen molar-refractivity contribution in [2.75, 3.05) is 20.6 Å². The van der Waals surface area contributed by atoms with Crippen molar-refractivity contribution in [1.29, 1.82) is 0 Å². The molecule has 0 spiro atoms. The molecule has 0 amide bonds. The van der Waals surface area contributed by atoms with Crippen LogP contribution in [-0.2, 0) is 6.54 Å². The summed E-state index contributed by atoms with van der Waals surface area (Å²) in [5.41, 5.74) is 0. The topological polar surface area (TPSA) is 15.3 Å². The van der Waals surface area contributed by atoms with Crippen LogP contribution in [0, 0.1) is 5.92 Å². The minimum absolute atomic E-state index is 0.702. The summed E-state index contributed by atoms with van der Waals surface area (Å²) in [4.78, 5) is 3.79. The number of halogens is 1. The Kier molecular flexibility index (Phi) is 5.49. The van der Waals surface area contributed by atoms with Gasteiger partial charge in [-0.05, 0) is 45.0 Å². The molecule has 4 heteroatoms. The third kappa shape index (κ3) is 3.95. The van der Waals surface area contributed by atoms with Crippen molar-refractivity contribution in [3.05, 3.63) is 21.3 Å². The standard InChI is InChI=1S/C14H23ClN2S/c1-16-13-6-4-3-5-11(13)9-17(2)10-12-7-8-14(15)18-12/h7-8,11,13,16H,3-6,9-10H2,1-2H3. The van der Waals surface area contributed by atoms with E-state index in [4.69, 9.17) is 11.6 Å². The van der Waals surface area contributed by atoms with Crippen LogP contribution in [0.1, 0.15) is 30.6 Å². The molecule has 2 nitrogen and oxygen atoms in total. The zero-order valence-corrected chi connectivity index (χ0v) is 12.9. The lowest BCUT2D eigenvalue weighted by Crippen LogP contribution is -2.41. The molecule has 1 N–H and O–H groups in total. The van der Waals surface area contributed by atoms with Crippen LogP contribution >= 0.6 is 22.9 Å². The quantitative estimate of drug-likeness (QED) is 0.889. The van der Waals surface area contributed by atoms with Crippen LogP contribution < -0.4 is 5.32 Å². The van der Waals surface area contributed by atoms with Gasteiger partial charge < -0.3 is 10.2 Å². The summed E-state index contributed by atoms with van der Waals surface area (Å²) in [6.45, 7) is 2.20. The van der Waals surface area contributed by atoms with Gasteiger partial charge in [0.05, 0.1) is 4.34 Å². The van der Waals surface area contributed by atoms with Crippen molar-refractivity contribution < 1.29 is 0 Å². The van der Waals surface area contributed by atoms with E-state index in [1.165, 1.54) is 37.1 Å². The molecule has 1 fully saturated rings. The maximum atomic E-state index is 5.97. The molecule has 18 heavy (non-hydrogen) atoms. The number of thiophene rings is 1. The Morgan fingerprint density at radius 1 is 1.39 bits per heavy atom. The van der Waals surface area contributed by atoms with Gasteiger partial charge in [-0.2, -0.15) is 0 Å². The first-order valence-electron chi connectivity index (χ1n) is 6.79. The van der Waals surface area contributed by atoms with Gasteiger partial charge in [0.1, 0.15) is 0 Å². The maximum Gasteiger partial charge on any atom is 0.0931 e. The fourth-order valence-electron chi connectivity index (χ4n) is 2.97. The highest BCUT2D eigenvalue weighted by Crippen LogP contribution is 2.26. The van der Waals surface area contributed by atoms with Crippen molar-refractivity contribution in [3.63, 3.8) is 0 Å². The molecule has 2 rings (SSSR count). The summed E-state index contributed by atoms with van der Waals surface area (Å²) in [6.07, 6.45) is 5.47. The second kappa shape index (κ2) is 6.90. The number of nitrogens with zero attached hydrogens (tertiary/aromatic N) is 1. The maximum absolute atomic E-state index is 5.97. The van der Waals surface area contributed by atoms with Gasteiger partial charge in [0.2, 0.25) is 0 Å². The van der Waals surface area contributed by atoms with Gasteiger partial charge in [0, 0.05) is 24.0 Å². The van der Waals surface area contributed by atoms with Crippen LogP contribution in [0.15, 0.2) is 12.1 Å². The monoisotopic (exact) mass is 286 g/mol. The zero-order chi connectivity index (χ0) is 13.0. The summed E-state index contributed by atoms with van der Waals surface area (Å²) >= 11 is 7.66. The van der Waals surface area contributed by atoms with Gasteiger partial charge in [0.15, 0.2) is 0 Å². The predicted octanol–water partition coefficient (Wildman–Crippen LogP) is 3.61. The molecule has 1 heterocycles. The third-order valence-corrected chi connectivity index (χ3v) is 5.10. The zero-order valence-electron chi connectivity index (χ0n) is 11.3. The summed E-state index contributed by atoms with van der Waals surface area (Å²) < 4.78 is 0.893. The van der Waals surface area contributed by atoms with Gasteiger partial charge in [-0.25, -0.2) is 0 Å². The van der Waals surface area contributed by atoms with E-state index in [-0.39, 0.29) is 0 Å². The Morgan fingerprint density at radius 2 is 2.17 bits per heavy atom. The molecule has 0 saturated heterocycles. The Labute approximate surface area is 119 Å². The molecule has 102 valence electrons. The molecule has 0 bridgehead atoms. The van der Waals surface area contributed by atoms with Crippen LogP contribution in [0.4, 0.5) is 0 Å². The van der Waals surface area contributed by atoms with E-state index in [1.807, 2.05) is 6.07 Å². The average Bonchev–Trinajstić information content (AvgIpc) is 2.75. The fraction of sp³-hybridized carbons (Fsp3) is 0.714. The lowest BCUT2D eigenvalue weighted by atomic mass is 9.84. The lowest BCUT2D eigenvalue weighted by Gasteiger charge is -2.34. The highest BCUT2D eigenvalue weighted by molar-refractivity contribution is 7.16. The summed E-state index contributed by atoms with van der Waals surface area (Å²) in [5.74, 6) is 0.796. The van der Waals surface area contributed by atoms with Gasteiger partial charge >= 0.3 is 0 Å². The van der Waals surface area contributed by atoms with Crippen molar-refractivity contribution in [3.8, 4) is 0 Å². The van der Waals surface area contributed by atoms with E-state index in [9.17, 15) is 0 Å². The van der Waals surface area contributed by atoms with Crippen molar-refractivity contribution in [1.82, 2.24) is 10.2 Å². The predicted molar refractivity (Wildman–Crippen MR) is 80.5 cm³/mol. The van der Waals surface area contributed by atoms with E-state index in [1.54, 1.807) is 11.3 Å². The molecular formula is C14H23ClN2S. The van der Waals surface area contributed by atoms with E-state index < -0.39 is 0 Å². The number of nitrogens with one attached hydrogen (secondary N) is 1. The van der Waals surface area contributed by atoms with Crippen molar-refractivity contribution in [2.24, 2.45) is 5.92 Å². The first kappa shape index (κ1) is 14.3. The second-order valence-electron chi connectivity index (χ2n) is 5.34. The molecule has 1 aromatic rings. The van der Waals surface area contributed by atoms with Crippen molar-refractivity contribution in [2.45, 2.75) is 38.3 Å². The smallest absolute Gasteiger partial charge is 0.0931 e. The summed E-state index contributed by atoms with van der Waals surface area (Å²) in [6, 6.07) is 4.83. The molecule has 1 aliphatic carbocycles. The summed E-state index contributed by atoms with van der Waals surface area (Å²) in [5, 5.41) is 3.48. The first-order valence-corrected chi connectivity index (χ1v) is 7.98. The Balaban J connectivity index is 1.84. The average molecular weight is 287 g/mol. The molecule has 0 aromatic carbocycles. The largest absolute Gasteiger partial charge is 0.317 e. The van der Waals surface area contributed by atoms with Gasteiger partial charge in [-0.3, -0.25) is 0 Å². The van der Waals surface area contributed by atoms with Gasteiger partial charge in [-0.15, -0.1) is 11.3 Å². The highest BCUT2D eigenvalue weighted by atomic mass is 35.5. The van der Waals surface area contributed by atoms with Crippen LogP contribution in [0.2, 0.25) is 4.34 Å². The number of rotatable bonds is 5. The third-order valence-electron chi connectivity index (χ3n) is 3.88. The minimum Gasteiger partial charge on any atom is -0.317 e. The summed E-state index contributed by atoms with van der Waals surface area (Å²) in [7, 11) is 4.32. The fourth-order valence-corrected chi connectivity index (χ4v) is 4.14. The highest BCUT2D eigenvalue weighted by Gasteiger charge is 2.24. The molecule has 1 saturated carbocycles. The molecule has 2 unspecified atom stereocenters. The molecule has 1 aromatic heterocycles. The minimum atomic E-state index is 0.702. The normalized spacial score (nSPS) is 24.7. The van der Waals surface area contributed by atoms with E-state index in [2.05, 4.69) is 30.4 Å². The van der Waals surface area contributed by atoms with Crippen molar-refractivity contribution >= 4 is 22.9 Å². The molecular weight excluding hydrogens is 264 g/mol. The molecule has 0 radical (unpaired) electrons. The van der Waals surface area contributed by atoms with Crippen LogP contribution in [-0.4, -0.2) is 31.6 Å². The molecule has 2 atom stereocenters. The number of hydrogen-bond acceptors (Lipinski definition) is 3.